The molecule has 0 radical (unpaired) electrons. The number of rotatable bonds is 8. The summed E-state index contributed by atoms with van der Waals surface area (Å²) in [4.78, 5) is 28.1. The summed E-state index contributed by atoms with van der Waals surface area (Å²) in [7, 11) is 0. The number of nitrogens with one attached hydrogen (secondary N) is 1. The normalized spacial score (nSPS) is 10.8. The van der Waals surface area contributed by atoms with Crippen LogP contribution in [0, 0.1) is 10.1 Å². The Hall–Kier alpha value is -4.63. The van der Waals surface area contributed by atoms with Gasteiger partial charge in [-0.25, -0.2) is 9.67 Å². The molecule has 0 saturated carbocycles. The van der Waals surface area contributed by atoms with Crippen LogP contribution in [0.4, 0.5) is 5.69 Å². The van der Waals surface area contributed by atoms with Gasteiger partial charge in [-0.3, -0.25) is 14.9 Å². The molecule has 5 rings (SSSR count). The van der Waals surface area contributed by atoms with Gasteiger partial charge in [-0.15, -0.1) is 11.3 Å². The molecule has 178 valence electrons. The zero-order valence-corrected chi connectivity index (χ0v) is 19.9. The van der Waals surface area contributed by atoms with Gasteiger partial charge in [0.05, 0.1) is 35.0 Å². The van der Waals surface area contributed by atoms with Crippen molar-refractivity contribution < 1.29 is 9.72 Å². The zero-order valence-electron chi connectivity index (χ0n) is 19.1. The number of hydrogen-bond donors (Lipinski definition) is 1. The van der Waals surface area contributed by atoms with Gasteiger partial charge < -0.3 is 5.32 Å². The summed E-state index contributed by atoms with van der Waals surface area (Å²) in [5.41, 5.74) is 4.79. The Bertz CT molecular complexity index is 1500. The number of carbonyl (C=O) groups is 1. The number of non-ortho nitro benzene ring substituents is 1. The first-order valence-electron chi connectivity index (χ1n) is 11.2. The van der Waals surface area contributed by atoms with Gasteiger partial charge in [0.15, 0.2) is 0 Å². The average Bonchev–Trinajstić information content (AvgIpc) is 3.56. The topological polar surface area (TPSA) is 103 Å². The molecule has 0 aliphatic heterocycles. The van der Waals surface area contributed by atoms with Gasteiger partial charge >= 0.3 is 0 Å². The van der Waals surface area contributed by atoms with Crippen molar-refractivity contribution in [3.63, 3.8) is 0 Å². The number of aromatic nitrogens is 3. The number of nitro benzene ring substituents is 1. The third-order valence-electron chi connectivity index (χ3n) is 5.57. The summed E-state index contributed by atoms with van der Waals surface area (Å²) < 4.78 is 1.71. The fraction of sp³-hybridized carbons (Fsp3) is 0.0741. The maximum Gasteiger partial charge on any atom is 0.269 e. The van der Waals surface area contributed by atoms with Crippen LogP contribution in [-0.4, -0.2) is 25.6 Å². The van der Waals surface area contributed by atoms with Crippen molar-refractivity contribution in [3.8, 4) is 28.2 Å². The molecule has 8 nitrogen and oxygen atoms in total. The Balaban J connectivity index is 1.34. The van der Waals surface area contributed by atoms with Crippen LogP contribution in [0.3, 0.4) is 0 Å². The number of amides is 1. The molecule has 2 heterocycles. The summed E-state index contributed by atoms with van der Waals surface area (Å²) >= 11 is 1.50. The number of nitro groups is 1. The van der Waals surface area contributed by atoms with E-state index in [1.807, 2.05) is 72.2 Å². The number of nitrogens with zero attached hydrogens (tertiary/aromatic N) is 4. The fourth-order valence-electron chi connectivity index (χ4n) is 3.78. The Morgan fingerprint density at radius 3 is 2.33 bits per heavy atom. The number of hydrogen-bond acceptors (Lipinski definition) is 6. The number of thiazole rings is 1. The van der Waals surface area contributed by atoms with Gasteiger partial charge in [0, 0.05) is 40.4 Å². The lowest BCUT2D eigenvalue weighted by molar-refractivity contribution is -0.384. The third-order valence-corrected chi connectivity index (χ3v) is 6.42. The third kappa shape index (κ3) is 5.21. The van der Waals surface area contributed by atoms with E-state index in [4.69, 9.17) is 0 Å². The number of para-hydroxylation sites is 1. The van der Waals surface area contributed by atoms with E-state index in [1.165, 1.54) is 23.5 Å². The van der Waals surface area contributed by atoms with Gasteiger partial charge in [-0.1, -0.05) is 48.5 Å². The maximum absolute atomic E-state index is 12.9. The molecule has 1 N–H and O–H groups in total. The SMILES string of the molecule is O=C(Cc1cn(-c2ccccc2)nc1-c1ccc([N+](=O)[O-])cc1)NCc1nc(-c2ccccc2)cs1. The molecule has 3 aromatic carbocycles. The molecule has 9 heteroatoms. The Kier molecular flexibility index (Phi) is 6.63. The predicted octanol–water partition coefficient (Wildman–Crippen LogP) is 5.43. The van der Waals surface area contributed by atoms with Crippen LogP contribution in [0.25, 0.3) is 28.2 Å². The molecule has 0 bridgehead atoms. The highest BCUT2D eigenvalue weighted by Crippen LogP contribution is 2.26. The lowest BCUT2D eigenvalue weighted by Gasteiger charge is -2.04. The van der Waals surface area contributed by atoms with E-state index >= 15 is 0 Å². The summed E-state index contributed by atoms with van der Waals surface area (Å²) in [6.07, 6.45) is 1.93. The van der Waals surface area contributed by atoms with Crippen molar-refractivity contribution >= 4 is 22.9 Å². The molecule has 1 amide bonds. The molecule has 5 aromatic rings. The molecule has 0 fully saturated rings. The van der Waals surface area contributed by atoms with Crippen molar-refractivity contribution in [2.24, 2.45) is 0 Å². The van der Waals surface area contributed by atoms with Crippen LogP contribution in [0.1, 0.15) is 10.6 Å². The fourth-order valence-corrected chi connectivity index (χ4v) is 4.52. The van der Waals surface area contributed by atoms with Crippen LogP contribution < -0.4 is 5.32 Å². The van der Waals surface area contributed by atoms with Crippen molar-refractivity contribution in [1.82, 2.24) is 20.1 Å². The lowest BCUT2D eigenvalue weighted by Crippen LogP contribution is -2.24. The first kappa shape index (κ1) is 23.1. The molecule has 0 aliphatic carbocycles. The highest BCUT2D eigenvalue weighted by Gasteiger charge is 2.17. The summed E-state index contributed by atoms with van der Waals surface area (Å²) in [6.45, 7) is 0.329. The van der Waals surface area contributed by atoms with Crippen molar-refractivity contribution in [3.05, 3.63) is 117 Å². The Morgan fingerprint density at radius 1 is 0.944 bits per heavy atom. The van der Waals surface area contributed by atoms with E-state index in [-0.39, 0.29) is 18.0 Å². The molecule has 0 aliphatic rings. The van der Waals surface area contributed by atoms with Crippen molar-refractivity contribution in [1.29, 1.82) is 0 Å². The summed E-state index contributed by atoms with van der Waals surface area (Å²) in [5, 5.41) is 21.5. The van der Waals surface area contributed by atoms with Crippen LogP contribution in [0.5, 0.6) is 0 Å². The van der Waals surface area contributed by atoms with Gasteiger partial charge in [0.25, 0.3) is 5.69 Å². The molecular weight excluding hydrogens is 474 g/mol. The number of carbonyl (C=O) groups excluding carboxylic acids is 1. The molecule has 0 unspecified atom stereocenters. The first-order chi connectivity index (χ1) is 17.6. The van der Waals surface area contributed by atoms with E-state index in [1.54, 1.807) is 16.8 Å². The predicted molar refractivity (Wildman–Crippen MR) is 139 cm³/mol. The monoisotopic (exact) mass is 495 g/mol. The van der Waals surface area contributed by atoms with Crippen LogP contribution in [0.2, 0.25) is 0 Å². The number of benzene rings is 3. The second kappa shape index (κ2) is 10.3. The zero-order chi connectivity index (χ0) is 24.9. The van der Waals surface area contributed by atoms with E-state index in [9.17, 15) is 14.9 Å². The Labute approximate surface area is 211 Å². The summed E-state index contributed by atoms with van der Waals surface area (Å²) in [6, 6.07) is 25.6. The summed E-state index contributed by atoms with van der Waals surface area (Å²) in [5.74, 6) is -0.165. The van der Waals surface area contributed by atoms with Gasteiger partial charge in [-0.05, 0) is 24.3 Å². The smallest absolute Gasteiger partial charge is 0.269 e. The molecule has 0 atom stereocenters. The van der Waals surface area contributed by atoms with E-state index < -0.39 is 4.92 Å². The van der Waals surface area contributed by atoms with Crippen molar-refractivity contribution in [2.75, 3.05) is 0 Å². The van der Waals surface area contributed by atoms with Crippen molar-refractivity contribution in [2.45, 2.75) is 13.0 Å². The van der Waals surface area contributed by atoms with Crippen LogP contribution >= 0.6 is 11.3 Å². The second-order valence-electron chi connectivity index (χ2n) is 8.03. The largest absolute Gasteiger partial charge is 0.349 e. The van der Waals surface area contributed by atoms with Gasteiger partial charge in [0.2, 0.25) is 5.91 Å². The van der Waals surface area contributed by atoms with E-state index in [2.05, 4.69) is 15.4 Å². The van der Waals surface area contributed by atoms with Gasteiger partial charge in [0.1, 0.15) is 5.01 Å². The standard InChI is InChI=1S/C27H21N5O3S/c33-25(28-16-26-29-24(18-36-26)19-7-3-1-4-8-19)15-21-17-31(22-9-5-2-6-10-22)30-27(21)20-11-13-23(14-12-20)32(34)35/h1-14,17-18H,15-16H2,(H,28,33). The first-order valence-corrected chi connectivity index (χ1v) is 12.1. The maximum atomic E-state index is 12.9. The van der Waals surface area contributed by atoms with E-state index in [0.29, 0.717) is 23.4 Å². The molecule has 2 aromatic heterocycles. The molecule has 0 saturated heterocycles. The minimum atomic E-state index is -0.442. The second-order valence-corrected chi connectivity index (χ2v) is 8.98. The van der Waals surface area contributed by atoms with Crippen LogP contribution in [0.15, 0.2) is 96.5 Å². The lowest BCUT2D eigenvalue weighted by atomic mass is 10.1. The Morgan fingerprint density at radius 2 is 1.64 bits per heavy atom. The average molecular weight is 496 g/mol. The highest BCUT2D eigenvalue weighted by molar-refractivity contribution is 7.09. The highest BCUT2D eigenvalue weighted by atomic mass is 32.1. The quantitative estimate of drug-likeness (QED) is 0.228. The van der Waals surface area contributed by atoms with Crippen LogP contribution in [-0.2, 0) is 17.8 Å². The van der Waals surface area contributed by atoms with Gasteiger partial charge in [-0.2, -0.15) is 5.10 Å². The molecular formula is C27H21N5O3S. The molecule has 36 heavy (non-hydrogen) atoms. The molecule has 0 spiro atoms. The minimum Gasteiger partial charge on any atom is -0.349 e. The van der Waals surface area contributed by atoms with E-state index in [0.717, 1.165) is 22.0 Å². The minimum absolute atomic E-state index is 0.00106.